The van der Waals surface area contributed by atoms with Crippen molar-refractivity contribution < 1.29 is 0 Å². The smallest absolute Gasteiger partial charge is 0.103 e. The van der Waals surface area contributed by atoms with Gasteiger partial charge in [-0.25, -0.2) is 4.99 Å². The Morgan fingerprint density at radius 1 is 1.12 bits per heavy atom. The number of anilines is 1. The Morgan fingerprint density at radius 3 is 2.50 bits per heavy atom. The van der Waals surface area contributed by atoms with Crippen LogP contribution in [-0.2, 0) is 19.3 Å². The number of thioether (sulfide) groups is 1. The second-order valence-corrected chi connectivity index (χ2v) is 7.28. The summed E-state index contributed by atoms with van der Waals surface area (Å²) in [5.41, 5.74) is 15.4. The fraction of sp³-hybridized carbons (Fsp3) is 0.286. The number of fused-ring (bicyclic) bond motifs is 1. The van der Waals surface area contributed by atoms with Gasteiger partial charge in [-0.1, -0.05) is 24.8 Å². The molecule has 0 saturated carbocycles. The number of aliphatic imine (C=N–C) groups is 1. The van der Waals surface area contributed by atoms with Crippen molar-refractivity contribution in [2.75, 3.05) is 12.0 Å². The molecule has 0 radical (unpaired) electrons. The number of benzene rings is 2. The van der Waals surface area contributed by atoms with Gasteiger partial charge >= 0.3 is 0 Å². The molecule has 0 bridgehead atoms. The second-order valence-electron chi connectivity index (χ2n) is 6.48. The van der Waals surface area contributed by atoms with Gasteiger partial charge in [-0.2, -0.15) is 0 Å². The maximum atomic E-state index is 5.98. The first kappa shape index (κ1) is 16.8. The zero-order valence-electron chi connectivity index (χ0n) is 14.6. The molecular formula is C21H24N2S. The Labute approximate surface area is 148 Å². The Balaban J connectivity index is 1.82. The highest BCUT2D eigenvalue weighted by molar-refractivity contribution is 8.13. The van der Waals surface area contributed by atoms with E-state index in [0.29, 0.717) is 0 Å². The molecular weight excluding hydrogens is 312 g/mol. The van der Waals surface area contributed by atoms with Crippen LogP contribution in [0.25, 0.3) is 0 Å². The van der Waals surface area contributed by atoms with Gasteiger partial charge < -0.3 is 5.73 Å². The number of allylic oxidation sites excluding steroid dienone is 1. The summed E-state index contributed by atoms with van der Waals surface area (Å²) in [6, 6.07) is 10.9. The molecule has 0 fully saturated rings. The Hall–Kier alpha value is -2.00. The van der Waals surface area contributed by atoms with Gasteiger partial charge in [-0.05, 0) is 72.9 Å². The van der Waals surface area contributed by atoms with Crippen molar-refractivity contribution in [2.24, 2.45) is 4.99 Å². The molecule has 0 unspecified atom stereocenters. The lowest BCUT2D eigenvalue weighted by Crippen LogP contribution is -2.10. The van der Waals surface area contributed by atoms with E-state index in [9.17, 15) is 0 Å². The van der Waals surface area contributed by atoms with Gasteiger partial charge in [0.1, 0.15) is 5.04 Å². The van der Waals surface area contributed by atoms with Crippen molar-refractivity contribution in [3.05, 3.63) is 76.0 Å². The summed E-state index contributed by atoms with van der Waals surface area (Å²) >= 11 is 1.68. The molecule has 0 atom stereocenters. The number of aryl methyl sites for hydroxylation is 4. The second kappa shape index (κ2) is 6.86. The van der Waals surface area contributed by atoms with E-state index in [1.54, 1.807) is 11.8 Å². The molecule has 3 rings (SSSR count). The van der Waals surface area contributed by atoms with Gasteiger partial charge in [-0.15, -0.1) is 11.8 Å². The van der Waals surface area contributed by atoms with Crippen LogP contribution >= 0.6 is 11.8 Å². The molecule has 0 amide bonds. The summed E-state index contributed by atoms with van der Waals surface area (Å²) in [7, 11) is 0. The van der Waals surface area contributed by atoms with E-state index in [1.165, 1.54) is 40.7 Å². The standard InChI is InChI=1S/C21H24N2S/c1-13-10-20(22)14(2)9-19(13)11-15(3)23-21(24-4)18-8-6-16-5-7-17(16)12-18/h6,8-10,12H,3,5,7,11,22H2,1-2,4H3. The van der Waals surface area contributed by atoms with E-state index in [0.717, 1.165) is 28.4 Å². The van der Waals surface area contributed by atoms with E-state index in [1.807, 2.05) is 13.0 Å². The van der Waals surface area contributed by atoms with Crippen LogP contribution in [0.4, 0.5) is 5.69 Å². The molecule has 24 heavy (non-hydrogen) atoms. The first-order valence-corrected chi connectivity index (χ1v) is 9.48. The quantitative estimate of drug-likeness (QED) is 0.492. The number of nitrogens with two attached hydrogens (primary N) is 1. The Morgan fingerprint density at radius 2 is 1.88 bits per heavy atom. The number of nitrogens with zero attached hydrogens (tertiary/aromatic N) is 1. The van der Waals surface area contributed by atoms with Gasteiger partial charge in [0.25, 0.3) is 0 Å². The molecule has 2 aromatic rings. The van der Waals surface area contributed by atoms with Crippen molar-refractivity contribution in [1.82, 2.24) is 0 Å². The monoisotopic (exact) mass is 336 g/mol. The van der Waals surface area contributed by atoms with E-state index >= 15 is 0 Å². The summed E-state index contributed by atoms with van der Waals surface area (Å²) < 4.78 is 0. The highest BCUT2D eigenvalue weighted by Gasteiger charge is 2.14. The predicted molar refractivity (Wildman–Crippen MR) is 107 cm³/mol. The normalized spacial score (nSPS) is 13.4. The number of hydrogen-bond donors (Lipinski definition) is 1. The minimum atomic E-state index is 0.752. The molecule has 3 heteroatoms. The first-order chi connectivity index (χ1) is 11.5. The van der Waals surface area contributed by atoms with E-state index in [-0.39, 0.29) is 0 Å². The van der Waals surface area contributed by atoms with Gasteiger partial charge in [0.2, 0.25) is 0 Å². The Kier molecular flexibility index (Phi) is 4.81. The van der Waals surface area contributed by atoms with Crippen LogP contribution in [0, 0.1) is 13.8 Å². The van der Waals surface area contributed by atoms with Crippen molar-refractivity contribution in [3.8, 4) is 0 Å². The van der Waals surface area contributed by atoms with Gasteiger partial charge in [0, 0.05) is 23.4 Å². The molecule has 1 aliphatic carbocycles. The van der Waals surface area contributed by atoms with Crippen molar-refractivity contribution in [1.29, 1.82) is 0 Å². The molecule has 0 spiro atoms. The van der Waals surface area contributed by atoms with Gasteiger partial charge in [0.05, 0.1) is 0 Å². The third-order valence-electron chi connectivity index (χ3n) is 4.69. The molecule has 2 N–H and O–H groups in total. The van der Waals surface area contributed by atoms with Crippen molar-refractivity contribution >= 4 is 22.5 Å². The van der Waals surface area contributed by atoms with Crippen LogP contribution in [0.2, 0.25) is 0 Å². The SMILES string of the molecule is C=C(Cc1cc(C)c(N)cc1C)N=C(SC)c1ccc2c(c1)CC2. The van der Waals surface area contributed by atoms with Crippen LogP contribution in [-0.4, -0.2) is 11.3 Å². The predicted octanol–water partition coefficient (Wildman–Crippen LogP) is 4.85. The van der Waals surface area contributed by atoms with E-state index < -0.39 is 0 Å². The zero-order valence-corrected chi connectivity index (χ0v) is 15.5. The average Bonchev–Trinajstić information content (AvgIpc) is 2.52. The molecule has 2 aromatic carbocycles. The molecule has 0 aromatic heterocycles. The summed E-state index contributed by atoms with van der Waals surface area (Å²) in [5, 5.41) is 1.04. The molecule has 124 valence electrons. The zero-order chi connectivity index (χ0) is 17.3. The fourth-order valence-electron chi connectivity index (χ4n) is 3.05. The summed E-state index contributed by atoms with van der Waals surface area (Å²) in [6.07, 6.45) is 5.23. The summed E-state index contributed by atoms with van der Waals surface area (Å²) in [5.74, 6) is 0. The minimum Gasteiger partial charge on any atom is -0.399 e. The van der Waals surface area contributed by atoms with E-state index in [2.05, 4.69) is 44.0 Å². The lowest BCUT2D eigenvalue weighted by atomic mass is 9.87. The van der Waals surface area contributed by atoms with Gasteiger partial charge in [0.15, 0.2) is 0 Å². The maximum absolute atomic E-state index is 5.98. The number of hydrogen-bond acceptors (Lipinski definition) is 3. The highest BCUT2D eigenvalue weighted by Crippen LogP contribution is 2.26. The molecule has 0 aliphatic heterocycles. The van der Waals surface area contributed by atoms with Crippen LogP contribution in [0.5, 0.6) is 0 Å². The van der Waals surface area contributed by atoms with Gasteiger partial charge in [-0.3, -0.25) is 0 Å². The minimum absolute atomic E-state index is 0.752. The molecule has 0 saturated heterocycles. The fourth-order valence-corrected chi connectivity index (χ4v) is 3.63. The third-order valence-corrected chi connectivity index (χ3v) is 5.40. The average molecular weight is 337 g/mol. The summed E-state index contributed by atoms with van der Waals surface area (Å²) in [4.78, 5) is 4.80. The van der Waals surface area contributed by atoms with Crippen LogP contribution in [0.15, 0.2) is 47.6 Å². The lowest BCUT2D eigenvalue weighted by Gasteiger charge is -2.19. The topological polar surface area (TPSA) is 38.4 Å². The lowest BCUT2D eigenvalue weighted by molar-refractivity contribution is 0.839. The number of nitrogen functional groups attached to an aromatic ring is 1. The van der Waals surface area contributed by atoms with Crippen LogP contribution in [0.1, 0.15) is 33.4 Å². The maximum Gasteiger partial charge on any atom is 0.103 e. The van der Waals surface area contributed by atoms with Crippen LogP contribution < -0.4 is 5.73 Å². The van der Waals surface area contributed by atoms with Crippen molar-refractivity contribution in [3.63, 3.8) is 0 Å². The summed E-state index contributed by atoms with van der Waals surface area (Å²) in [6.45, 7) is 8.31. The third kappa shape index (κ3) is 3.41. The Bertz CT molecular complexity index is 834. The molecule has 0 heterocycles. The highest BCUT2D eigenvalue weighted by atomic mass is 32.2. The molecule has 2 nitrogen and oxygen atoms in total. The first-order valence-electron chi connectivity index (χ1n) is 8.26. The van der Waals surface area contributed by atoms with Crippen molar-refractivity contribution in [2.45, 2.75) is 33.1 Å². The van der Waals surface area contributed by atoms with E-state index in [4.69, 9.17) is 10.7 Å². The number of rotatable bonds is 4. The molecule has 1 aliphatic rings. The van der Waals surface area contributed by atoms with Crippen LogP contribution in [0.3, 0.4) is 0 Å². The largest absolute Gasteiger partial charge is 0.399 e.